The Kier molecular flexibility index (Phi) is 8.39. The second-order valence-corrected chi connectivity index (χ2v) is 6.95. The van der Waals surface area contributed by atoms with Gasteiger partial charge in [-0.05, 0) is 44.0 Å². The van der Waals surface area contributed by atoms with Crippen LogP contribution < -0.4 is 10.1 Å². The highest BCUT2D eigenvalue weighted by Crippen LogP contribution is 2.25. The molecule has 1 unspecified atom stereocenters. The predicted octanol–water partition coefficient (Wildman–Crippen LogP) is 3.60. The topological polar surface area (TPSA) is 61.7 Å². The van der Waals surface area contributed by atoms with Crippen molar-refractivity contribution in [1.82, 2.24) is 5.32 Å². The van der Waals surface area contributed by atoms with Gasteiger partial charge in [0.1, 0.15) is 12.4 Å². The Morgan fingerprint density at radius 2 is 1.76 bits per heavy atom. The van der Waals surface area contributed by atoms with E-state index in [1.54, 1.807) is 6.07 Å². The van der Waals surface area contributed by atoms with Crippen LogP contribution >= 0.6 is 12.4 Å². The molecule has 0 aromatic heterocycles. The van der Waals surface area contributed by atoms with Crippen LogP contribution in [-0.2, 0) is 13.2 Å². The summed E-state index contributed by atoms with van der Waals surface area (Å²) < 4.78 is 5.81. The third-order valence-electron chi connectivity index (χ3n) is 3.70. The summed E-state index contributed by atoms with van der Waals surface area (Å²) in [6, 6.07) is 15.3. The molecule has 4 nitrogen and oxygen atoms in total. The lowest BCUT2D eigenvalue weighted by atomic mass is 10.0. The maximum absolute atomic E-state index is 10.3. The van der Waals surface area contributed by atoms with Gasteiger partial charge in [0.2, 0.25) is 0 Å². The maximum Gasteiger partial charge on any atom is 0.125 e. The highest BCUT2D eigenvalue weighted by molar-refractivity contribution is 5.85. The average molecular weight is 366 g/mol. The number of rotatable bonds is 7. The smallest absolute Gasteiger partial charge is 0.125 e. The molecule has 0 heterocycles. The zero-order valence-corrected chi connectivity index (χ0v) is 15.8. The Morgan fingerprint density at radius 3 is 2.36 bits per heavy atom. The van der Waals surface area contributed by atoms with Crippen molar-refractivity contribution in [2.75, 3.05) is 6.54 Å². The predicted molar refractivity (Wildman–Crippen MR) is 103 cm³/mol. The van der Waals surface area contributed by atoms with Crippen molar-refractivity contribution in [3.8, 4) is 5.75 Å². The highest BCUT2D eigenvalue weighted by Gasteiger charge is 2.15. The summed E-state index contributed by atoms with van der Waals surface area (Å²) in [7, 11) is 0. The molecule has 0 fully saturated rings. The van der Waals surface area contributed by atoms with Gasteiger partial charge in [0.05, 0.1) is 12.7 Å². The van der Waals surface area contributed by atoms with E-state index in [2.05, 4.69) is 26.1 Å². The van der Waals surface area contributed by atoms with E-state index in [9.17, 15) is 10.2 Å². The van der Waals surface area contributed by atoms with Crippen molar-refractivity contribution in [1.29, 1.82) is 0 Å². The summed E-state index contributed by atoms with van der Waals surface area (Å²) >= 11 is 0. The molecule has 0 amide bonds. The van der Waals surface area contributed by atoms with Crippen molar-refractivity contribution in [2.45, 2.75) is 45.6 Å². The Morgan fingerprint density at radius 1 is 1.08 bits per heavy atom. The molecule has 25 heavy (non-hydrogen) atoms. The standard InChI is InChI=1S/C20H27NO3.ClH/c1-20(2,3)21-12-18(23)16-9-10-19(17(11-16)13-22)24-14-15-7-5-4-6-8-15;/h4-11,18,21-23H,12-14H2,1-3H3;1H. The van der Waals surface area contributed by atoms with Crippen molar-refractivity contribution in [3.63, 3.8) is 0 Å². The molecule has 0 saturated heterocycles. The van der Waals surface area contributed by atoms with Gasteiger partial charge in [-0.15, -0.1) is 12.4 Å². The SMILES string of the molecule is CC(C)(C)NCC(O)c1ccc(OCc2ccccc2)c(CO)c1.Cl. The van der Waals surface area contributed by atoms with Crippen LogP contribution in [0.2, 0.25) is 0 Å². The summed E-state index contributed by atoms with van der Waals surface area (Å²) in [5.74, 6) is 0.640. The Balaban J connectivity index is 0.00000312. The lowest BCUT2D eigenvalue weighted by Gasteiger charge is -2.23. The fourth-order valence-corrected chi connectivity index (χ4v) is 2.33. The number of halogens is 1. The molecule has 138 valence electrons. The molecular weight excluding hydrogens is 338 g/mol. The third kappa shape index (κ3) is 7.04. The van der Waals surface area contributed by atoms with E-state index >= 15 is 0 Å². The van der Waals surface area contributed by atoms with Crippen molar-refractivity contribution in [2.24, 2.45) is 0 Å². The molecule has 0 bridgehead atoms. The number of benzene rings is 2. The molecule has 5 heteroatoms. The van der Waals surface area contributed by atoms with Crippen LogP contribution in [0.15, 0.2) is 48.5 Å². The van der Waals surface area contributed by atoms with E-state index in [-0.39, 0.29) is 24.6 Å². The Hall–Kier alpha value is -1.59. The van der Waals surface area contributed by atoms with Gasteiger partial charge in [0.25, 0.3) is 0 Å². The molecule has 0 saturated carbocycles. The fraction of sp³-hybridized carbons (Fsp3) is 0.400. The molecule has 0 radical (unpaired) electrons. The normalized spacial score (nSPS) is 12.4. The van der Waals surface area contributed by atoms with Crippen LogP contribution in [0.1, 0.15) is 43.6 Å². The van der Waals surface area contributed by atoms with E-state index < -0.39 is 6.10 Å². The molecular formula is C20H28ClNO3. The quantitative estimate of drug-likeness (QED) is 0.701. The van der Waals surface area contributed by atoms with Crippen molar-refractivity contribution in [3.05, 3.63) is 65.2 Å². The summed E-state index contributed by atoms with van der Waals surface area (Å²) in [5.41, 5.74) is 2.46. The number of ether oxygens (including phenoxy) is 1. The fourth-order valence-electron chi connectivity index (χ4n) is 2.33. The van der Waals surface area contributed by atoms with Crippen LogP contribution in [0.3, 0.4) is 0 Å². The lowest BCUT2D eigenvalue weighted by molar-refractivity contribution is 0.162. The monoisotopic (exact) mass is 365 g/mol. The van der Waals surface area contributed by atoms with E-state index in [0.29, 0.717) is 24.5 Å². The van der Waals surface area contributed by atoms with E-state index in [1.165, 1.54) is 0 Å². The number of aliphatic hydroxyl groups excluding tert-OH is 2. The van der Waals surface area contributed by atoms with Crippen LogP contribution in [-0.4, -0.2) is 22.3 Å². The molecule has 0 aliphatic carbocycles. The molecule has 2 rings (SSSR count). The van der Waals surface area contributed by atoms with Gasteiger partial charge in [-0.2, -0.15) is 0 Å². The molecule has 0 spiro atoms. The minimum Gasteiger partial charge on any atom is -0.489 e. The van der Waals surface area contributed by atoms with E-state index in [1.807, 2.05) is 42.5 Å². The second kappa shape index (κ2) is 9.78. The molecule has 3 N–H and O–H groups in total. The van der Waals surface area contributed by atoms with Gasteiger partial charge in [-0.3, -0.25) is 0 Å². The van der Waals surface area contributed by atoms with Gasteiger partial charge in [-0.25, -0.2) is 0 Å². The lowest BCUT2D eigenvalue weighted by Crippen LogP contribution is -2.38. The number of hydrogen-bond acceptors (Lipinski definition) is 4. The molecule has 2 aromatic rings. The first kappa shape index (κ1) is 21.5. The van der Waals surface area contributed by atoms with E-state index in [0.717, 1.165) is 11.1 Å². The molecule has 0 aliphatic rings. The van der Waals surface area contributed by atoms with Gasteiger partial charge in [0.15, 0.2) is 0 Å². The largest absolute Gasteiger partial charge is 0.489 e. The highest BCUT2D eigenvalue weighted by atomic mass is 35.5. The van der Waals surface area contributed by atoms with Gasteiger partial charge in [0, 0.05) is 17.6 Å². The minimum absolute atomic E-state index is 0. The average Bonchev–Trinajstić information content (AvgIpc) is 2.58. The summed E-state index contributed by atoms with van der Waals surface area (Å²) in [6.45, 7) is 6.94. The summed E-state index contributed by atoms with van der Waals surface area (Å²) in [4.78, 5) is 0. The molecule has 1 atom stereocenters. The first-order valence-electron chi connectivity index (χ1n) is 8.22. The van der Waals surface area contributed by atoms with Crippen molar-refractivity contribution >= 4 is 12.4 Å². The second-order valence-electron chi connectivity index (χ2n) is 6.95. The van der Waals surface area contributed by atoms with Crippen molar-refractivity contribution < 1.29 is 14.9 Å². The van der Waals surface area contributed by atoms with Gasteiger partial charge < -0.3 is 20.3 Å². The maximum atomic E-state index is 10.3. The Labute approximate surface area is 156 Å². The van der Waals surface area contributed by atoms with Crippen LogP contribution in [0.4, 0.5) is 0 Å². The van der Waals surface area contributed by atoms with Crippen LogP contribution in [0.5, 0.6) is 5.75 Å². The molecule has 0 aliphatic heterocycles. The number of β-amino-alcohol motifs (C(OH)–C–C–N with tert-alkyl or cyclic N) is 1. The van der Waals surface area contributed by atoms with Gasteiger partial charge >= 0.3 is 0 Å². The number of aliphatic hydroxyl groups is 2. The van der Waals surface area contributed by atoms with E-state index in [4.69, 9.17) is 4.74 Å². The Bertz CT molecular complexity index is 641. The van der Waals surface area contributed by atoms with Crippen LogP contribution in [0, 0.1) is 0 Å². The summed E-state index contributed by atoms with van der Waals surface area (Å²) in [5, 5.41) is 23.2. The third-order valence-corrected chi connectivity index (χ3v) is 3.70. The first-order valence-corrected chi connectivity index (χ1v) is 8.22. The molecule has 2 aromatic carbocycles. The summed E-state index contributed by atoms with van der Waals surface area (Å²) in [6.07, 6.45) is -0.627. The zero-order valence-electron chi connectivity index (χ0n) is 15.0. The van der Waals surface area contributed by atoms with Gasteiger partial charge in [-0.1, -0.05) is 36.4 Å². The first-order chi connectivity index (χ1) is 11.4. The minimum atomic E-state index is -0.627. The van der Waals surface area contributed by atoms with Crippen LogP contribution in [0.25, 0.3) is 0 Å². The number of nitrogens with one attached hydrogen (secondary N) is 1. The number of hydrogen-bond donors (Lipinski definition) is 3. The zero-order chi connectivity index (χ0) is 17.6.